The molecule has 4 atom stereocenters. The predicted molar refractivity (Wildman–Crippen MR) is 76.8 cm³/mol. The zero-order valence-electron chi connectivity index (χ0n) is 11.4. The van der Waals surface area contributed by atoms with Gasteiger partial charge in [0.1, 0.15) is 0 Å². The van der Waals surface area contributed by atoms with Crippen LogP contribution in [0, 0.1) is 11.3 Å². The summed E-state index contributed by atoms with van der Waals surface area (Å²) in [5.74, 6) is 1.04. The second kappa shape index (κ2) is 5.06. The first-order valence-corrected chi connectivity index (χ1v) is 9.40. The Bertz CT molecular complexity index is 404. The van der Waals surface area contributed by atoms with Crippen molar-refractivity contribution in [2.45, 2.75) is 57.1 Å². The van der Waals surface area contributed by atoms with E-state index in [2.05, 4.69) is 36.7 Å². The quantitative estimate of drug-likeness (QED) is 0.727. The van der Waals surface area contributed by atoms with Gasteiger partial charge in [-0.15, -0.1) is 0 Å². The molecule has 1 aliphatic carbocycles. The summed E-state index contributed by atoms with van der Waals surface area (Å²) in [4.78, 5) is -0.0390. The van der Waals surface area contributed by atoms with Crippen LogP contribution >= 0.6 is 15.9 Å². The summed E-state index contributed by atoms with van der Waals surface area (Å²) in [6.45, 7) is 6.81. The minimum absolute atomic E-state index is 0.0390. The Balaban J connectivity index is 1.98. The zero-order chi connectivity index (χ0) is 13.6. The van der Waals surface area contributed by atoms with Crippen molar-refractivity contribution in [2.24, 2.45) is 11.3 Å². The standard InChI is InChI=1S/C13H23BrO3S/c1-9-4-10(6-13(2,3)5-9)17-12-8-18(15,16)7-11(12)14/h9-12H,4-8H2,1-3H3. The van der Waals surface area contributed by atoms with Gasteiger partial charge >= 0.3 is 0 Å². The maximum atomic E-state index is 11.6. The number of hydrogen-bond donors (Lipinski definition) is 0. The van der Waals surface area contributed by atoms with Crippen LogP contribution in [0.1, 0.15) is 40.0 Å². The highest BCUT2D eigenvalue weighted by Crippen LogP contribution is 2.40. The highest BCUT2D eigenvalue weighted by molar-refractivity contribution is 9.09. The molecule has 2 aliphatic rings. The van der Waals surface area contributed by atoms with Gasteiger partial charge in [-0.2, -0.15) is 0 Å². The van der Waals surface area contributed by atoms with Crippen LogP contribution in [0.3, 0.4) is 0 Å². The van der Waals surface area contributed by atoms with Crippen molar-refractivity contribution >= 4 is 25.8 Å². The molecule has 0 aromatic heterocycles. The first-order valence-electron chi connectivity index (χ1n) is 6.67. The van der Waals surface area contributed by atoms with Gasteiger partial charge in [0, 0.05) is 0 Å². The second-order valence-electron chi connectivity index (χ2n) is 6.80. The van der Waals surface area contributed by atoms with E-state index in [9.17, 15) is 8.42 Å². The fourth-order valence-corrected chi connectivity index (χ4v) is 6.92. The summed E-state index contributed by atoms with van der Waals surface area (Å²) in [7, 11) is -2.91. The molecule has 106 valence electrons. The summed E-state index contributed by atoms with van der Waals surface area (Å²) in [5, 5.41) is 0. The molecule has 0 aromatic rings. The first kappa shape index (κ1) is 14.8. The van der Waals surface area contributed by atoms with Gasteiger partial charge in [0.2, 0.25) is 0 Å². The van der Waals surface area contributed by atoms with Crippen LogP contribution in [0.4, 0.5) is 0 Å². The molecule has 4 unspecified atom stereocenters. The van der Waals surface area contributed by atoms with Crippen LogP contribution < -0.4 is 0 Å². The molecule has 1 saturated heterocycles. The summed E-state index contributed by atoms with van der Waals surface area (Å²) >= 11 is 3.45. The normalized spacial score (nSPS) is 42.9. The first-order chi connectivity index (χ1) is 8.17. The summed E-state index contributed by atoms with van der Waals surface area (Å²) in [6, 6.07) is 0. The maximum Gasteiger partial charge on any atom is 0.154 e. The summed E-state index contributed by atoms with van der Waals surface area (Å²) in [5.41, 5.74) is 0.307. The molecule has 18 heavy (non-hydrogen) atoms. The van der Waals surface area contributed by atoms with Crippen molar-refractivity contribution in [1.82, 2.24) is 0 Å². The van der Waals surface area contributed by atoms with Gasteiger partial charge in [-0.25, -0.2) is 8.42 Å². The Kier molecular flexibility index (Phi) is 4.16. The Hall–Kier alpha value is 0.390. The van der Waals surface area contributed by atoms with E-state index in [-0.39, 0.29) is 28.5 Å². The van der Waals surface area contributed by atoms with Gasteiger partial charge in [0.05, 0.1) is 28.5 Å². The highest BCUT2D eigenvalue weighted by atomic mass is 79.9. The van der Waals surface area contributed by atoms with Gasteiger partial charge in [0.15, 0.2) is 9.84 Å². The van der Waals surface area contributed by atoms with Crippen molar-refractivity contribution in [3.8, 4) is 0 Å². The third-order valence-corrected chi connectivity index (χ3v) is 6.99. The number of alkyl halides is 1. The fourth-order valence-electron chi connectivity index (χ4n) is 3.51. The Morgan fingerprint density at radius 2 is 1.89 bits per heavy atom. The molecule has 3 nitrogen and oxygen atoms in total. The van der Waals surface area contributed by atoms with Crippen LogP contribution in [0.25, 0.3) is 0 Å². The maximum absolute atomic E-state index is 11.6. The SMILES string of the molecule is CC1CC(OC2CS(=O)(=O)CC2Br)CC(C)(C)C1. The van der Waals surface area contributed by atoms with Crippen LogP contribution in [0.5, 0.6) is 0 Å². The molecule has 2 fully saturated rings. The smallest absolute Gasteiger partial charge is 0.154 e. The molecule has 1 saturated carbocycles. The Morgan fingerprint density at radius 3 is 2.39 bits per heavy atom. The number of rotatable bonds is 2. The molecule has 0 N–H and O–H groups in total. The average molecular weight is 339 g/mol. The van der Waals surface area contributed by atoms with E-state index in [0.717, 1.165) is 12.8 Å². The van der Waals surface area contributed by atoms with E-state index in [1.165, 1.54) is 6.42 Å². The average Bonchev–Trinajstić information content (AvgIpc) is 2.35. The topological polar surface area (TPSA) is 43.4 Å². The third kappa shape index (κ3) is 3.70. The van der Waals surface area contributed by atoms with Crippen molar-refractivity contribution in [3.63, 3.8) is 0 Å². The van der Waals surface area contributed by atoms with Crippen molar-refractivity contribution in [3.05, 3.63) is 0 Å². The number of sulfone groups is 1. The lowest BCUT2D eigenvalue weighted by Gasteiger charge is -2.40. The van der Waals surface area contributed by atoms with Crippen molar-refractivity contribution < 1.29 is 13.2 Å². The Labute approximate surface area is 119 Å². The van der Waals surface area contributed by atoms with Gasteiger partial charge < -0.3 is 4.74 Å². The minimum Gasteiger partial charge on any atom is -0.373 e. The predicted octanol–water partition coefficient (Wildman–Crippen LogP) is 2.78. The van der Waals surface area contributed by atoms with Crippen LogP contribution in [0.15, 0.2) is 0 Å². The second-order valence-corrected chi connectivity index (χ2v) is 10.1. The van der Waals surface area contributed by atoms with Gasteiger partial charge in [-0.05, 0) is 30.6 Å². The summed E-state index contributed by atoms with van der Waals surface area (Å²) < 4.78 is 29.2. The van der Waals surface area contributed by atoms with E-state index < -0.39 is 9.84 Å². The molecule has 0 amide bonds. The number of hydrogen-bond acceptors (Lipinski definition) is 3. The lowest BCUT2D eigenvalue weighted by atomic mass is 9.71. The largest absolute Gasteiger partial charge is 0.373 e. The number of halogens is 1. The highest BCUT2D eigenvalue weighted by Gasteiger charge is 2.40. The van der Waals surface area contributed by atoms with E-state index in [0.29, 0.717) is 11.3 Å². The van der Waals surface area contributed by atoms with Crippen LogP contribution in [-0.2, 0) is 14.6 Å². The van der Waals surface area contributed by atoms with Gasteiger partial charge in [-0.1, -0.05) is 36.7 Å². The fraction of sp³-hybridized carbons (Fsp3) is 1.00. The molecule has 1 heterocycles. The van der Waals surface area contributed by atoms with Crippen LogP contribution in [-0.4, -0.2) is 37.0 Å². The van der Waals surface area contributed by atoms with Crippen LogP contribution in [0.2, 0.25) is 0 Å². The van der Waals surface area contributed by atoms with E-state index in [1.54, 1.807) is 0 Å². The molecule has 1 aliphatic heterocycles. The molecule has 2 rings (SSSR count). The molecular weight excluding hydrogens is 316 g/mol. The molecule has 0 bridgehead atoms. The third-order valence-electron chi connectivity index (χ3n) is 3.95. The minimum atomic E-state index is -2.91. The zero-order valence-corrected chi connectivity index (χ0v) is 13.8. The summed E-state index contributed by atoms with van der Waals surface area (Å²) in [6.07, 6.45) is 3.36. The van der Waals surface area contributed by atoms with Gasteiger partial charge in [0.25, 0.3) is 0 Å². The van der Waals surface area contributed by atoms with Gasteiger partial charge in [-0.3, -0.25) is 0 Å². The van der Waals surface area contributed by atoms with E-state index in [4.69, 9.17) is 4.74 Å². The van der Waals surface area contributed by atoms with Crippen molar-refractivity contribution in [2.75, 3.05) is 11.5 Å². The molecular formula is C13H23BrO3S. The molecule has 0 aromatic carbocycles. The lowest BCUT2D eigenvalue weighted by Crippen LogP contribution is -2.37. The number of ether oxygens (including phenoxy) is 1. The monoisotopic (exact) mass is 338 g/mol. The van der Waals surface area contributed by atoms with E-state index in [1.807, 2.05) is 0 Å². The molecule has 5 heteroatoms. The van der Waals surface area contributed by atoms with E-state index >= 15 is 0 Å². The Morgan fingerprint density at radius 1 is 1.22 bits per heavy atom. The molecule has 0 spiro atoms. The lowest BCUT2D eigenvalue weighted by molar-refractivity contribution is -0.0533. The van der Waals surface area contributed by atoms with Crippen molar-refractivity contribution in [1.29, 1.82) is 0 Å². The molecule has 0 radical (unpaired) electrons.